The highest BCUT2D eigenvalue weighted by atomic mass is 79.9. The van der Waals surface area contributed by atoms with Crippen molar-refractivity contribution in [2.45, 2.75) is 26.8 Å². The first-order valence-electron chi connectivity index (χ1n) is 7.36. The van der Waals surface area contributed by atoms with E-state index in [0.29, 0.717) is 11.0 Å². The van der Waals surface area contributed by atoms with Gasteiger partial charge in [0, 0.05) is 10.2 Å². The highest BCUT2D eigenvalue weighted by Crippen LogP contribution is 2.25. The second-order valence-corrected chi connectivity index (χ2v) is 7.01. The fourth-order valence-corrected chi connectivity index (χ4v) is 3.06. The third kappa shape index (κ3) is 4.55. The smallest absolute Gasteiger partial charge is 0.171 e. The van der Waals surface area contributed by atoms with Gasteiger partial charge in [0.25, 0.3) is 0 Å². The Balaban J connectivity index is 2.11. The molecule has 0 aliphatic heterocycles. The van der Waals surface area contributed by atoms with E-state index in [1.54, 1.807) is 0 Å². The zero-order chi connectivity index (χ0) is 16.1. The molecule has 0 amide bonds. The van der Waals surface area contributed by atoms with E-state index in [0.717, 1.165) is 10.2 Å². The number of thiocarbonyl (C=S) groups is 1. The summed E-state index contributed by atoms with van der Waals surface area (Å²) < 4.78 is 1.03. The summed E-state index contributed by atoms with van der Waals surface area (Å²) >= 11 is 8.95. The number of halogens is 1. The molecule has 4 heteroatoms. The third-order valence-electron chi connectivity index (χ3n) is 3.56. The van der Waals surface area contributed by atoms with Crippen LogP contribution in [0.4, 0.5) is 5.69 Å². The maximum Gasteiger partial charge on any atom is 0.171 e. The van der Waals surface area contributed by atoms with Crippen molar-refractivity contribution in [1.82, 2.24) is 5.32 Å². The molecular formula is C18H21BrN2S. The Kier molecular flexibility index (Phi) is 5.98. The van der Waals surface area contributed by atoms with Gasteiger partial charge in [-0.15, -0.1) is 0 Å². The van der Waals surface area contributed by atoms with Crippen molar-refractivity contribution in [2.75, 3.05) is 5.32 Å². The molecule has 0 spiro atoms. The van der Waals surface area contributed by atoms with Crippen LogP contribution < -0.4 is 10.6 Å². The summed E-state index contributed by atoms with van der Waals surface area (Å²) in [5.74, 6) is 0.434. The molecule has 0 radical (unpaired) electrons. The van der Waals surface area contributed by atoms with Crippen molar-refractivity contribution in [3.8, 4) is 0 Å². The van der Waals surface area contributed by atoms with E-state index in [1.807, 2.05) is 24.3 Å². The van der Waals surface area contributed by atoms with Gasteiger partial charge < -0.3 is 10.6 Å². The van der Waals surface area contributed by atoms with Crippen LogP contribution in [0, 0.1) is 12.8 Å². The second kappa shape index (κ2) is 7.75. The van der Waals surface area contributed by atoms with Crippen LogP contribution in [0.2, 0.25) is 0 Å². The van der Waals surface area contributed by atoms with Crippen LogP contribution in [0.5, 0.6) is 0 Å². The van der Waals surface area contributed by atoms with Crippen LogP contribution in [-0.2, 0) is 0 Å². The van der Waals surface area contributed by atoms with Crippen molar-refractivity contribution in [2.24, 2.45) is 5.92 Å². The monoisotopic (exact) mass is 376 g/mol. The SMILES string of the molecule is Cc1ccccc1[C@H](NC(=S)Nc1cccc(Br)c1)C(C)C. The molecule has 0 heterocycles. The van der Waals surface area contributed by atoms with Gasteiger partial charge in [0.15, 0.2) is 5.11 Å². The molecular weight excluding hydrogens is 356 g/mol. The molecule has 0 aliphatic rings. The van der Waals surface area contributed by atoms with Crippen molar-refractivity contribution in [1.29, 1.82) is 0 Å². The molecule has 2 N–H and O–H groups in total. The van der Waals surface area contributed by atoms with E-state index in [9.17, 15) is 0 Å². The van der Waals surface area contributed by atoms with E-state index in [1.165, 1.54) is 11.1 Å². The summed E-state index contributed by atoms with van der Waals surface area (Å²) in [6.45, 7) is 6.54. The summed E-state index contributed by atoms with van der Waals surface area (Å²) in [5.41, 5.74) is 3.54. The first-order valence-corrected chi connectivity index (χ1v) is 8.56. The third-order valence-corrected chi connectivity index (χ3v) is 4.27. The number of nitrogens with one attached hydrogen (secondary N) is 2. The van der Waals surface area contributed by atoms with E-state index < -0.39 is 0 Å². The quantitative estimate of drug-likeness (QED) is 0.694. The van der Waals surface area contributed by atoms with Crippen molar-refractivity contribution < 1.29 is 0 Å². The van der Waals surface area contributed by atoms with Gasteiger partial charge in [-0.25, -0.2) is 0 Å². The number of aryl methyl sites for hydroxylation is 1. The van der Waals surface area contributed by atoms with E-state index in [2.05, 4.69) is 71.6 Å². The Morgan fingerprint density at radius 1 is 1.09 bits per heavy atom. The number of anilines is 1. The van der Waals surface area contributed by atoms with Gasteiger partial charge in [-0.2, -0.15) is 0 Å². The van der Waals surface area contributed by atoms with Crippen LogP contribution in [0.1, 0.15) is 31.0 Å². The Bertz CT molecular complexity index is 655. The summed E-state index contributed by atoms with van der Waals surface area (Å²) in [6, 6.07) is 16.6. The molecule has 0 unspecified atom stereocenters. The highest BCUT2D eigenvalue weighted by Gasteiger charge is 2.18. The predicted molar refractivity (Wildman–Crippen MR) is 102 cm³/mol. The normalized spacial score (nSPS) is 12.0. The van der Waals surface area contributed by atoms with Crippen LogP contribution in [0.3, 0.4) is 0 Å². The maximum absolute atomic E-state index is 5.48. The van der Waals surface area contributed by atoms with Gasteiger partial charge in [0.1, 0.15) is 0 Å². The lowest BCUT2D eigenvalue weighted by Crippen LogP contribution is -2.35. The van der Waals surface area contributed by atoms with Gasteiger partial charge in [-0.3, -0.25) is 0 Å². The molecule has 0 bridgehead atoms. The lowest BCUT2D eigenvalue weighted by molar-refractivity contribution is 0.471. The van der Waals surface area contributed by atoms with Crippen molar-refractivity contribution in [3.05, 3.63) is 64.1 Å². The lowest BCUT2D eigenvalue weighted by Gasteiger charge is -2.26. The minimum absolute atomic E-state index is 0.188. The molecule has 2 nitrogen and oxygen atoms in total. The molecule has 0 aliphatic carbocycles. The average Bonchev–Trinajstić information content (AvgIpc) is 2.45. The van der Waals surface area contributed by atoms with Crippen molar-refractivity contribution in [3.63, 3.8) is 0 Å². The molecule has 0 fully saturated rings. The Morgan fingerprint density at radius 2 is 1.82 bits per heavy atom. The van der Waals surface area contributed by atoms with Crippen LogP contribution in [0.15, 0.2) is 53.0 Å². The maximum atomic E-state index is 5.48. The molecule has 1 atom stereocenters. The first kappa shape index (κ1) is 17.0. The minimum Gasteiger partial charge on any atom is -0.355 e. The van der Waals surface area contributed by atoms with Gasteiger partial charge in [0.2, 0.25) is 0 Å². The predicted octanol–water partition coefficient (Wildman–Crippen LogP) is 5.44. The standard InChI is InChI=1S/C18H21BrN2S/c1-12(2)17(16-10-5-4-7-13(16)3)21-18(22)20-15-9-6-8-14(19)11-15/h4-12,17H,1-3H3,(H2,20,21,22)/t17-/m1/s1. The summed E-state index contributed by atoms with van der Waals surface area (Å²) in [6.07, 6.45) is 0. The Hall–Kier alpha value is -1.39. The van der Waals surface area contributed by atoms with E-state index >= 15 is 0 Å². The minimum atomic E-state index is 0.188. The average molecular weight is 377 g/mol. The zero-order valence-corrected chi connectivity index (χ0v) is 15.5. The summed E-state index contributed by atoms with van der Waals surface area (Å²) in [4.78, 5) is 0. The lowest BCUT2D eigenvalue weighted by atomic mass is 9.93. The molecule has 2 aromatic rings. The van der Waals surface area contributed by atoms with E-state index in [4.69, 9.17) is 12.2 Å². The number of hydrogen-bond donors (Lipinski definition) is 2. The molecule has 116 valence electrons. The van der Waals surface area contributed by atoms with Gasteiger partial charge in [0.05, 0.1) is 6.04 Å². The topological polar surface area (TPSA) is 24.1 Å². The zero-order valence-electron chi connectivity index (χ0n) is 13.1. The van der Waals surface area contributed by atoms with Gasteiger partial charge in [-0.05, 0) is 54.4 Å². The van der Waals surface area contributed by atoms with Crippen LogP contribution in [0.25, 0.3) is 0 Å². The van der Waals surface area contributed by atoms with Gasteiger partial charge in [-0.1, -0.05) is 60.1 Å². The molecule has 2 rings (SSSR count). The Morgan fingerprint density at radius 3 is 2.45 bits per heavy atom. The highest BCUT2D eigenvalue weighted by molar-refractivity contribution is 9.10. The molecule has 0 saturated carbocycles. The second-order valence-electron chi connectivity index (χ2n) is 5.69. The fourth-order valence-electron chi connectivity index (χ4n) is 2.41. The van der Waals surface area contributed by atoms with Gasteiger partial charge >= 0.3 is 0 Å². The number of benzene rings is 2. The Labute approximate surface area is 146 Å². The molecule has 2 aromatic carbocycles. The molecule has 0 aromatic heterocycles. The number of rotatable bonds is 4. The largest absolute Gasteiger partial charge is 0.355 e. The molecule has 22 heavy (non-hydrogen) atoms. The molecule has 0 saturated heterocycles. The van der Waals surface area contributed by atoms with E-state index in [-0.39, 0.29) is 6.04 Å². The van der Waals surface area contributed by atoms with Crippen LogP contribution >= 0.6 is 28.1 Å². The van der Waals surface area contributed by atoms with Crippen molar-refractivity contribution >= 4 is 38.9 Å². The first-order chi connectivity index (χ1) is 10.5. The fraction of sp³-hybridized carbons (Fsp3) is 0.278. The number of hydrogen-bond acceptors (Lipinski definition) is 1. The van der Waals surface area contributed by atoms with Crippen LogP contribution in [-0.4, -0.2) is 5.11 Å². The summed E-state index contributed by atoms with van der Waals surface area (Å²) in [5, 5.41) is 7.33. The summed E-state index contributed by atoms with van der Waals surface area (Å²) in [7, 11) is 0.